The van der Waals surface area contributed by atoms with Gasteiger partial charge in [0.25, 0.3) is 0 Å². The van der Waals surface area contributed by atoms with Crippen LogP contribution in [0.3, 0.4) is 0 Å². The van der Waals surface area contributed by atoms with Crippen LogP contribution in [0.1, 0.15) is 18.4 Å². The monoisotopic (exact) mass is 475 g/mol. The minimum Gasteiger partial charge on any atom is -0.496 e. The van der Waals surface area contributed by atoms with Gasteiger partial charge < -0.3 is 15.0 Å². The van der Waals surface area contributed by atoms with Crippen molar-refractivity contribution in [3.05, 3.63) is 52.8 Å². The Kier molecular flexibility index (Phi) is 6.15. The van der Waals surface area contributed by atoms with Crippen molar-refractivity contribution >= 4 is 38.3 Å². The van der Waals surface area contributed by atoms with Crippen LogP contribution in [0.25, 0.3) is 5.13 Å². The van der Waals surface area contributed by atoms with Gasteiger partial charge >= 0.3 is 0 Å². The van der Waals surface area contributed by atoms with E-state index in [-0.39, 0.29) is 11.8 Å². The standard InChI is InChI=1S/C20H22BrN5O2S/c1-28-17-7-6-16(21)11-15(17)12-22-18(27)14-5-4-10-26(13-14)20-24-23-19(29-20)25-8-2-3-9-25/h2-3,6-9,11,14H,4-5,10,12-13H2,1H3,(H,22,27)/t14-/m0/s1. The third kappa shape index (κ3) is 4.62. The maximum absolute atomic E-state index is 12.8. The van der Waals surface area contributed by atoms with Gasteiger partial charge in [0.15, 0.2) is 0 Å². The van der Waals surface area contributed by atoms with E-state index in [0.717, 1.165) is 45.4 Å². The highest BCUT2D eigenvalue weighted by Gasteiger charge is 2.27. The molecule has 0 aliphatic carbocycles. The van der Waals surface area contributed by atoms with Crippen LogP contribution in [0.4, 0.5) is 5.13 Å². The molecule has 2 aromatic heterocycles. The minimum atomic E-state index is -0.0687. The fourth-order valence-corrected chi connectivity index (χ4v) is 4.74. The number of methoxy groups -OCH3 is 1. The molecule has 3 heterocycles. The summed E-state index contributed by atoms with van der Waals surface area (Å²) < 4.78 is 8.29. The molecular weight excluding hydrogens is 454 g/mol. The summed E-state index contributed by atoms with van der Waals surface area (Å²) in [6.45, 7) is 1.99. The van der Waals surface area contributed by atoms with Gasteiger partial charge in [-0.15, -0.1) is 10.2 Å². The van der Waals surface area contributed by atoms with Gasteiger partial charge in [-0.25, -0.2) is 0 Å². The van der Waals surface area contributed by atoms with Gasteiger partial charge in [-0.2, -0.15) is 0 Å². The number of benzene rings is 1. The van der Waals surface area contributed by atoms with Crippen LogP contribution in [0.15, 0.2) is 47.2 Å². The lowest BCUT2D eigenvalue weighted by atomic mass is 9.97. The zero-order valence-electron chi connectivity index (χ0n) is 16.0. The first-order valence-electron chi connectivity index (χ1n) is 9.46. The second-order valence-corrected chi connectivity index (χ2v) is 8.77. The predicted molar refractivity (Wildman–Crippen MR) is 117 cm³/mol. The van der Waals surface area contributed by atoms with Crippen LogP contribution in [0.2, 0.25) is 0 Å². The van der Waals surface area contributed by atoms with Crippen molar-refractivity contribution in [1.82, 2.24) is 20.1 Å². The van der Waals surface area contributed by atoms with E-state index in [2.05, 4.69) is 36.3 Å². The number of carbonyl (C=O) groups is 1. The normalized spacial score (nSPS) is 16.6. The molecule has 9 heteroatoms. The Bertz CT molecular complexity index is 975. The molecule has 1 aliphatic heterocycles. The number of amides is 1. The summed E-state index contributed by atoms with van der Waals surface area (Å²) >= 11 is 5.01. The predicted octanol–water partition coefficient (Wildman–Crippen LogP) is 3.63. The summed E-state index contributed by atoms with van der Waals surface area (Å²) in [5, 5.41) is 13.4. The number of hydrogen-bond acceptors (Lipinski definition) is 6. The van der Waals surface area contributed by atoms with E-state index in [9.17, 15) is 4.79 Å². The molecule has 7 nitrogen and oxygen atoms in total. The van der Waals surface area contributed by atoms with Gasteiger partial charge in [0.05, 0.1) is 13.0 Å². The zero-order chi connectivity index (χ0) is 20.2. The smallest absolute Gasteiger partial charge is 0.225 e. The van der Waals surface area contributed by atoms with Crippen LogP contribution in [-0.2, 0) is 11.3 Å². The summed E-state index contributed by atoms with van der Waals surface area (Å²) in [6.07, 6.45) is 5.73. The fraction of sp³-hybridized carbons (Fsp3) is 0.350. The molecule has 1 saturated heterocycles. The van der Waals surface area contributed by atoms with Crippen molar-refractivity contribution in [2.75, 3.05) is 25.1 Å². The highest BCUT2D eigenvalue weighted by Crippen LogP contribution is 2.28. The maximum atomic E-state index is 12.8. The number of piperidine rings is 1. The quantitative estimate of drug-likeness (QED) is 0.589. The summed E-state index contributed by atoms with van der Waals surface area (Å²) in [5.41, 5.74) is 0.948. The Morgan fingerprint density at radius 3 is 2.90 bits per heavy atom. The Labute approximate surface area is 181 Å². The Balaban J connectivity index is 1.38. The number of halogens is 1. The van der Waals surface area contributed by atoms with E-state index in [0.29, 0.717) is 13.1 Å². The van der Waals surface area contributed by atoms with Crippen LogP contribution in [0, 0.1) is 5.92 Å². The van der Waals surface area contributed by atoms with Gasteiger partial charge in [-0.05, 0) is 43.2 Å². The second-order valence-electron chi connectivity index (χ2n) is 6.92. The van der Waals surface area contributed by atoms with Crippen molar-refractivity contribution in [2.45, 2.75) is 19.4 Å². The molecule has 0 radical (unpaired) electrons. The van der Waals surface area contributed by atoms with E-state index in [1.807, 2.05) is 47.3 Å². The van der Waals surface area contributed by atoms with E-state index >= 15 is 0 Å². The molecule has 29 heavy (non-hydrogen) atoms. The van der Waals surface area contributed by atoms with Gasteiger partial charge in [0.2, 0.25) is 16.2 Å². The molecule has 0 bridgehead atoms. The average Bonchev–Trinajstić information content (AvgIpc) is 3.44. The van der Waals surface area contributed by atoms with Gasteiger partial charge in [0, 0.05) is 42.1 Å². The van der Waals surface area contributed by atoms with Crippen LogP contribution in [-0.4, -0.2) is 40.9 Å². The average molecular weight is 476 g/mol. The molecule has 1 atom stereocenters. The first-order chi connectivity index (χ1) is 14.1. The molecule has 3 aromatic rings. The second kappa shape index (κ2) is 8.96. The molecule has 0 spiro atoms. The van der Waals surface area contributed by atoms with Crippen molar-refractivity contribution < 1.29 is 9.53 Å². The van der Waals surface area contributed by atoms with Crippen molar-refractivity contribution in [3.8, 4) is 10.9 Å². The molecular formula is C20H22BrN5O2S. The molecule has 1 aliphatic rings. The number of carbonyl (C=O) groups excluding carboxylic acids is 1. The first-order valence-corrected chi connectivity index (χ1v) is 11.1. The number of aromatic nitrogens is 3. The SMILES string of the molecule is COc1ccc(Br)cc1CNC(=O)[C@H]1CCCN(c2nnc(-n3cccc3)s2)C1. The maximum Gasteiger partial charge on any atom is 0.225 e. The Morgan fingerprint density at radius 1 is 1.31 bits per heavy atom. The molecule has 1 N–H and O–H groups in total. The van der Waals surface area contributed by atoms with Crippen molar-refractivity contribution in [3.63, 3.8) is 0 Å². The van der Waals surface area contributed by atoms with Gasteiger partial charge in [-0.3, -0.25) is 9.36 Å². The fourth-order valence-electron chi connectivity index (χ4n) is 3.48. The van der Waals surface area contributed by atoms with Gasteiger partial charge in [0.1, 0.15) is 5.75 Å². The number of nitrogens with zero attached hydrogens (tertiary/aromatic N) is 4. The third-order valence-electron chi connectivity index (χ3n) is 4.99. The third-order valence-corrected chi connectivity index (χ3v) is 6.48. The molecule has 1 amide bonds. The molecule has 1 aromatic carbocycles. The van der Waals surface area contributed by atoms with E-state index in [1.165, 1.54) is 0 Å². The number of ether oxygens (including phenoxy) is 1. The van der Waals surface area contributed by atoms with E-state index in [1.54, 1.807) is 18.4 Å². The van der Waals surface area contributed by atoms with Crippen molar-refractivity contribution in [1.29, 1.82) is 0 Å². The minimum absolute atomic E-state index is 0.0619. The Morgan fingerprint density at radius 2 is 2.10 bits per heavy atom. The molecule has 0 saturated carbocycles. The largest absolute Gasteiger partial charge is 0.496 e. The zero-order valence-corrected chi connectivity index (χ0v) is 18.4. The lowest BCUT2D eigenvalue weighted by molar-refractivity contribution is -0.125. The summed E-state index contributed by atoms with van der Waals surface area (Å²) in [6, 6.07) is 9.71. The highest BCUT2D eigenvalue weighted by molar-refractivity contribution is 9.10. The van der Waals surface area contributed by atoms with Gasteiger partial charge in [-0.1, -0.05) is 27.3 Å². The molecule has 152 valence electrons. The molecule has 4 rings (SSSR count). The van der Waals surface area contributed by atoms with Crippen molar-refractivity contribution in [2.24, 2.45) is 5.92 Å². The first kappa shape index (κ1) is 19.9. The van der Waals surface area contributed by atoms with Crippen LogP contribution in [0.5, 0.6) is 5.75 Å². The van der Waals surface area contributed by atoms with E-state index in [4.69, 9.17) is 4.74 Å². The summed E-state index contributed by atoms with van der Waals surface area (Å²) in [4.78, 5) is 15.0. The van der Waals surface area contributed by atoms with E-state index < -0.39 is 0 Å². The Hall–Kier alpha value is -2.39. The number of anilines is 1. The highest BCUT2D eigenvalue weighted by atomic mass is 79.9. The number of nitrogens with one attached hydrogen (secondary N) is 1. The number of hydrogen-bond donors (Lipinski definition) is 1. The van der Waals surface area contributed by atoms with Crippen LogP contribution >= 0.6 is 27.3 Å². The number of rotatable bonds is 6. The molecule has 0 unspecified atom stereocenters. The lowest BCUT2D eigenvalue weighted by Crippen LogP contribution is -2.43. The lowest BCUT2D eigenvalue weighted by Gasteiger charge is -2.31. The molecule has 1 fully saturated rings. The topological polar surface area (TPSA) is 72.3 Å². The van der Waals surface area contributed by atoms with Crippen LogP contribution < -0.4 is 15.0 Å². The summed E-state index contributed by atoms with van der Waals surface area (Å²) in [7, 11) is 1.64. The summed E-state index contributed by atoms with van der Waals surface area (Å²) in [5.74, 6) is 0.762.